The fraction of sp³-hybridized carbons (Fsp3) is 0.462. The number of carbonyl (C=O) groups excluding carboxylic acids is 1. The van der Waals surface area contributed by atoms with Crippen LogP contribution in [0.4, 0.5) is 5.69 Å². The first kappa shape index (κ1) is 11.0. The summed E-state index contributed by atoms with van der Waals surface area (Å²) in [5.41, 5.74) is 2.64. The van der Waals surface area contributed by atoms with Gasteiger partial charge in [0.15, 0.2) is 0 Å². The first-order chi connectivity index (χ1) is 8.11. The fourth-order valence-electron chi connectivity index (χ4n) is 2.99. The number of amides is 1. The number of benzene rings is 1. The maximum Gasteiger partial charge on any atom is 0.219 e. The molecule has 1 unspecified atom stereocenters. The standard InChI is InChI=1S/C13H16N2OS/c1-9(16)15-5-4-13(8-15)7-14-12-3-2-10(17)6-11(12)13/h2-3,6,14,17H,4-5,7-8H2,1H3. The summed E-state index contributed by atoms with van der Waals surface area (Å²) in [7, 11) is 0. The second-order valence-corrected chi connectivity index (χ2v) is 5.57. The van der Waals surface area contributed by atoms with E-state index in [1.165, 1.54) is 11.3 Å². The highest BCUT2D eigenvalue weighted by molar-refractivity contribution is 7.80. The molecule has 1 saturated heterocycles. The van der Waals surface area contributed by atoms with Crippen molar-refractivity contribution < 1.29 is 4.79 Å². The molecule has 2 aliphatic heterocycles. The lowest BCUT2D eigenvalue weighted by Gasteiger charge is -2.23. The zero-order chi connectivity index (χ0) is 12.0. The van der Waals surface area contributed by atoms with Crippen LogP contribution >= 0.6 is 12.6 Å². The molecule has 1 aromatic carbocycles. The van der Waals surface area contributed by atoms with Crippen LogP contribution in [-0.2, 0) is 10.2 Å². The Morgan fingerprint density at radius 2 is 2.35 bits per heavy atom. The van der Waals surface area contributed by atoms with Crippen LogP contribution in [0.15, 0.2) is 23.1 Å². The summed E-state index contributed by atoms with van der Waals surface area (Å²) < 4.78 is 0. The molecule has 1 atom stereocenters. The van der Waals surface area contributed by atoms with Crippen molar-refractivity contribution in [1.82, 2.24) is 4.90 Å². The maximum atomic E-state index is 11.5. The first-order valence-electron chi connectivity index (χ1n) is 5.94. The SMILES string of the molecule is CC(=O)N1CCC2(CNc3ccc(S)cc32)C1. The van der Waals surface area contributed by atoms with E-state index in [0.29, 0.717) is 0 Å². The summed E-state index contributed by atoms with van der Waals surface area (Å²) in [5.74, 6) is 0.178. The van der Waals surface area contributed by atoms with Crippen molar-refractivity contribution in [2.75, 3.05) is 25.0 Å². The largest absolute Gasteiger partial charge is 0.384 e. The summed E-state index contributed by atoms with van der Waals surface area (Å²) in [6.45, 7) is 4.29. The number of anilines is 1. The molecule has 4 heteroatoms. The first-order valence-corrected chi connectivity index (χ1v) is 6.38. The molecule has 1 amide bonds. The predicted octanol–water partition coefficient (Wildman–Crippen LogP) is 1.89. The molecule has 90 valence electrons. The van der Waals surface area contributed by atoms with Gasteiger partial charge >= 0.3 is 0 Å². The minimum Gasteiger partial charge on any atom is -0.384 e. The molecule has 0 aromatic heterocycles. The van der Waals surface area contributed by atoms with Crippen molar-refractivity contribution in [3.63, 3.8) is 0 Å². The highest BCUT2D eigenvalue weighted by atomic mass is 32.1. The van der Waals surface area contributed by atoms with Gasteiger partial charge in [-0.3, -0.25) is 4.79 Å². The number of rotatable bonds is 0. The number of likely N-dealkylation sites (tertiary alicyclic amines) is 1. The average molecular weight is 248 g/mol. The number of hydrogen-bond acceptors (Lipinski definition) is 3. The number of nitrogens with one attached hydrogen (secondary N) is 1. The fourth-order valence-corrected chi connectivity index (χ4v) is 3.19. The molecule has 1 spiro atoms. The van der Waals surface area contributed by atoms with E-state index < -0.39 is 0 Å². The van der Waals surface area contributed by atoms with Gasteiger partial charge in [-0.25, -0.2) is 0 Å². The summed E-state index contributed by atoms with van der Waals surface area (Å²) in [5, 5.41) is 3.45. The van der Waals surface area contributed by atoms with Crippen molar-refractivity contribution >= 4 is 24.2 Å². The van der Waals surface area contributed by atoms with Crippen LogP contribution in [0.25, 0.3) is 0 Å². The molecule has 0 aliphatic carbocycles. The van der Waals surface area contributed by atoms with Crippen LogP contribution in [-0.4, -0.2) is 30.4 Å². The molecular formula is C13H16N2OS. The normalized spacial score (nSPS) is 26.1. The third kappa shape index (κ3) is 1.62. The van der Waals surface area contributed by atoms with E-state index in [1.54, 1.807) is 6.92 Å². The zero-order valence-electron chi connectivity index (χ0n) is 9.86. The highest BCUT2D eigenvalue weighted by Gasteiger charge is 2.44. The van der Waals surface area contributed by atoms with Crippen LogP contribution in [0.2, 0.25) is 0 Å². The molecule has 2 aliphatic rings. The van der Waals surface area contributed by atoms with E-state index >= 15 is 0 Å². The van der Waals surface area contributed by atoms with Crippen LogP contribution < -0.4 is 5.32 Å². The van der Waals surface area contributed by atoms with Gasteiger partial charge in [0.05, 0.1) is 0 Å². The predicted molar refractivity (Wildman–Crippen MR) is 70.7 cm³/mol. The smallest absolute Gasteiger partial charge is 0.219 e. The number of fused-ring (bicyclic) bond motifs is 2. The lowest BCUT2D eigenvalue weighted by Crippen LogP contribution is -2.34. The highest BCUT2D eigenvalue weighted by Crippen LogP contribution is 2.43. The van der Waals surface area contributed by atoms with Crippen molar-refractivity contribution in [2.24, 2.45) is 0 Å². The van der Waals surface area contributed by atoms with Gasteiger partial charge in [-0.2, -0.15) is 0 Å². The second kappa shape index (κ2) is 3.67. The molecule has 1 fully saturated rings. The van der Waals surface area contributed by atoms with Crippen molar-refractivity contribution in [2.45, 2.75) is 23.7 Å². The summed E-state index contributed by atoms with van der Waals surface area (Å²) in [6, 6.07) is 6.23. The van der Waals surface area contributed by atoms with E-state index in [1.807, 2.05) is 11.0 Å². The Balaban J connectivity index is 1.98. The van der Waals surface area contributed by atoms with Gasteiger partial charge in [0, 0.05) is 42.6 Å². The summed E-state index contributed by atoms with van der Waals surface area (Å²) in [6.07, 6.45) is 1.05. The zero-order valence-corrected chi connectivity index (χ0v) is 10.8. The van der Waals surface area contributed by atoms with Gasteiger partial charge < -0.3 is 10.2 Å². The van der Waals surface area contributed by atoms with E-state index in [0.717, 1.165) is 31.0 Å². The Kier molecular flexibility index (Phi) is 2.36. The Morgan fingerprint density at radius 1 is 1.53 bits per heavy atom. The van der Waals surface area contributed by atoms with Crippen LogP contribution in [0.3, 0.4) is 0 Å². The number of thiol groups is 1. The molecule has 0 radical (unpaired) electrons. The summed E-state index contributed by atoms with van der Waals surface area (Å²) >= 11 is 4.41. The van der Waals surface area contributed by atoms with Gasteiger partial charge in [-0.05, 0) is 30.2 Å². The molecule has 3 rings (SSSR count). The summed E-state index contributed by atoms with van der Waals surface area (Å²) in [4.78, 5) is 14.4. The van der Waals surface area contributed by atoms with Gasteiger partial charge in [0.1, 0.15) is 0 Å². The van der Waals surface area contributed by atoms with Crippen molar-refractivity contribution in [1.29, 1.82) is 0 Å². The van der Waals surface area contributed by atoms with E-state index in [9.17, 15) is 4.79 Å². The monoisotopic (exact) mass is 248 g/mol. The lowest BCUT2D eigenvalue weighted by molar-refractivity contribution is -0.127. The Morgan fingerprint density at radius 3 is 3.06 bits per heavy atom. The third-order valence-electron chi connectivity index (χ3n) is 3.99. The Bertz CT molecular complexity index is 488. The van der Waals surface area contributed by atoms with Crippen LogP contribution in [0, 0.1) is 0 Å². The van der Waals surface area contributed by atoms with Crippen LogP contribution in [0.5, 0.6) is 0 Å². The minimum absolute atomic E-state index is 0.111. The third-order valence-corrected chi connectivity index (χ3v) is 4.27. The topological polar surface area (TPSA) is 32.3 Å². The van der Waals surface area contributed by atoms with E-state index in [4.69, 9.17) is 0 Å². The molecule has 3 nitrogen and oxygen atoms in total. The quantitative estimate of drug-likeness (QED) is 0.687. The molecule has 0 bridgehead atoms. The number of carbonyl (C=O) groups is 1. The second-order valence-electron chi connectivity index (χ2n) is 5.05. The molecule has 17 heavy (non-hydrogen) atoms. The van der Waals surface area contributed by atoms with Crippen molar-refractivity contribution in [3.8, 4) is 0 Å². The van der Waals surface area contributed by atoms with Gasteiger partial charge in [0.25, 0.3) is 0 Å². The van der Waals surface area contributed by atoms with E-state index in [-0.39, 0.29) is 11.3 Å². The van der Waals surface area contributed by atoms with Gasteiger partial charge in [-0.15, -0.1) is 12.6 Å². The Hall–Kier alpha value is -1.16. The van der Waals surface area contributed by atoms with Crippen molar-refractivity contribution in [3.05, 3.63) is 23.8 Å². The maximum absolute atomic E-state index is 11.5. The average Bonchev–Trinajstić information content (AvgIpc) is 2.86. The Labute approximate surface area is 107 Å². The molecule has 2 heterocycles. The number of nitrogens with zero attached hydrogens (tertiary/aromatic N) is 1. The minimum atomic E-state index is 0.111. The molecular weight excluding hydrogens is 232 g/mol. The van der Waals surface area contributed by atoms with Gasteiger partial charge in [-0.1, -0.05) is 0 Å². The van der Waals surface area contributed by atoms with E-state index in [2.05, 4.69) is 30.1 Å². The number of hydrogen-bond donors (Lipinski definition) is 2. The lowest BCUT2D eigenvalue weighted by atomic mass is 9.82. The molecule has 0 saturated carbocycles. The molecule has 1 N–H and O–H groups in total. The molecule has 1 aromatic rings. The van der Waals surface area contributed by atoms with Crippen LogP contribution in [0.1, 0.15) is 18.9 Å². The van der Waals surface area contributed by atoms with Gasteiger partial charge in [0.2, 0.25) is 5.91 Å².